The molecule has 1 aliphatic heterocycles. The van der Waals surface area contributed by atoms with Gasteiger partial charge in [0.05, 0.1) is 18.8 Å². The molecule has 1 N–H and O–H groups in total. The molecular formula is C19H27F3N2O4. The molecule has 0 bridgehead atoms. The van der Waals surface area contributed by atoms with Crippen molar-refractivity contribution in [2.45, 2.75) is 57.7 Å². The van der Waals surface area contributed by atoms with Crippen LogP contribution in [0.3, 0.4) is 0 Å². The van der Waals surface area contributed by atoms with E-state index in [0.717, 1.165) is 32.7 Å². The van der Waals surface area contributed by atoms with E-state index in [4.69, 9.17) is 19.4 Å². The first-order chi connectivity index (χ1) is 13.2. The van der Waals surface area contributed by atoms with Crippen LogP contribution in [0, 0.1) is 5.92 Å². The molecule has 6 nitrogen and oxygen atoms in total. The summed E-state index contributed by atoms with van der Waals surface area (Å²) in [5.41, 5.74) is 1.28. The van der Waals surface area contributed by atoms with Crippen LogP contribution < -0.4 is 0 Å². The number of hydrogen-bond donors (Lipinski definition) is 1. The summed E-state index contributed by atoms with van der Waals surface area (Å²) in [5, 5.41) is 7.12. The topological polar surface area (TPSA) is 71.9 Å². The summed E-state index contributed by atoms with van der Waals surface area (Å²) in [4.78, 5) is 15.7. The van der Waals surface area contributed by atoms with Crippen molar-refractivity contribution in [3.05, 3.63) is 30.1 Å². The Kier molecular flexibility index (Phi) is 8.21. The maximum atomic E-state index is 10.6. The lowest BCUT2D eigenvalue weighted by atomic mass is 10.1. The summed E-state index contributed by atoms with van der Waals surface area (Å²) in [5.74, 6) is -2.17. The van der Waals surface area contributed by atoms with E-state index in [0.29, 0.717) is 12.0 Å². The number of nitrogens with zero attached hydrogens (tertiary/aromatic N) is 2. The van der Waals surface area contributed by atoms with Gasteiger partial charge in [0.25, 0.3) is 0 Å². The third-order valence-electron chi connectivity index (χ3n) is 4.65. The maximum Gasteiger partial charge on any atom is 0.490 e. The molecule has 2 heterocycles. The fourth-order valence-electron chi connectivity index (χ4n) is 3.41. The second kappa shape index (κ2) is 10.2. The van der Waals surface area contributed by atoms with E-state index in [1.54, 1.807) is 0 Å². The van der Waals surface area contributed by atoms with Gasteiger partial charge in [-0.15, -0.1) is 0 Å². The van der Waals surface area contributed by atoms with Gasteiger partial charge in [-0.3, -0.25) is 9.88 Å². The summed E-state index contributed by atoms with van der Waals surface area (Å²) < 4.78 is 43.8. The van der Waals surface area contributed by atoms with Gasteiger partial charge in [0.2, 0.25) is 0 Å². The molecule has 2 fully saturated rings. The van der Waals surface area contributed by atoms with Gasteiger partial charge < -0.3 is 14.6 Å². The standard InChI is InChI=1S/C17H26N2O2.C2HF3O2/c1-13(2)12-21-16-6-5-15-17(16)20-9-8-19(15)11-14-4-3-7-18-10-14;3-2(4,5)1(6)7/h3-4,7,10,13,15-17H,5-6,8-9,11-12H2,1-2H3;(H,6,7)/t15-,16+,17+;/m0./s1. The van der Waals surface area contributed by atoms with Crippen molar-refractivity contribution in [2.24, 2.45) is 5.92 Å². The largest absolute Gasteiger partial charge is 0.490 e. The molecule has 1 aromatic heterocycles. The number of rotatable bonds is 5. The van der Waals surface area contributed by atoms with Crippen molar-refractivity contribution in [3.8, 4) is 0 Å². The number of ether oxygens (including phenoxy) is 2. The predicted molar refractivity (Wildman–Crippen MR) is 95.7 cm³/mol. The molecule has 3 rings (SSSR count). The number of alkyl halides is 3. The monoisotopic (exact) mass is 404 g/mol. The van der Waals surface area contributed by atoms with E-state index in [1.807, 2.05) is 18.5 Å². The van der Waals surface area contributed by atoms with Gasteiger partial charge in [-0.05, 0) is 30.4 Å². The minimum atomic E-state index is -5.08. The maximum absolute atomic E-state index is 10.6. The molecule has 0 spiro atoms. The quantitative estimate of drug-likeness (QED) is 0.813. The number of carboxylic acids is 1. The molecular weight excluding hydrogens is 377 g/mol. The molecule has 1 saturated carbocycles. The Morgan fingerprint density at radius 2 is 2.14 bits per heavy atom. The molecule has 0 amide bonds. The molecule has 1 saturated heterocycles. The summed E-state index contributed by atoms with van der Waals surface area (Å²) >= 11 is 0. The third-order valence-corrected chi connectivity index (χ3v) is 4.65. The highest BCUT2D eigenvalue weighted by atomic mass is 19.4. The fourth-order valence-corrected chi connectivity index (χ4v) is 3.41. The van der Waals surface area contributed by atoms with Gasteiger partial charge in [-0.25, -0.2) is 4.79 Å². The van der Waals surface area contributed by atoms with E-state index < -0.39 is 12.1 Å². The number of morpholine rings is 1. The van der Waals surface area contributed by atoms with Crippen LogP contribution in [0.5, 0.6) is 0 Å². The molecule has 158 valence electrons. The lowest BCUT2D eigenvalue weighted by molar-refractivity contribution is -0.192. The van der Waals surface area contributed by atoms with Crippen molar-refractivity contribution in [3.63, 3.8) is 0 Å². The van der Waals surface area contributed by atoms with E-state index in [2.05, 4.69) is 29.8 Å². The Bertz CT molecular complexity index is 613. The zero-order valence-corrected chi connectivity index (χ0v) is 16.1. The number of hydrogen-bond acceptors (Lipinski definition) is 5. The van der Waals surface area contributed by atoms with Crippen LogP contribution in [-0.2, 0) is 20.8 Å². The van der Waals surface area contributed by atoms with Crippen LogP contribution in [0.25, 0.3) is 0 Å². The molecule has 0 unspecified atom stereocenters. The zero-order chi connectivity index (χ0) is 20.7. The second-order valence-corrected chi connectivity index (χ2v) is 7.38. The minimum Gasteiger partial charge on any atom is -0.475 e. The van der Waals surface area contributed by atoms with Gasteiger partial charge in [0.15, 0.2) is 0 Å². The highest BCUT2D eigenvalue weighted by Gasteiger charge is 2.43. The number of aliphatic carboxylic acids is 1. The lowest BCUT2D eigenvalue weighted by Crippen LogP contribution is -2.51. The van der Waals surface area contributed by atoms with Crippen LogP contribution in [0.4, 0.5) is 13.2 Å². The number of aromatic nitrogens is 1. The van der Waals surface area contributed by atoms with Crippen LogP contribution in [-0.4, -0.2) is 65.1 Å². The average molecular weight is 404 g/mol. The fraction of sp³-hybridized carbons (Fsp3) is 0.684. The second-order valence-electron chi connectivity index (χ2n) is 7.38. The third kappa shape index (κ3) is 6.72. The Balaban J connectivity index is 0.000000345. The van der Waals surface area contributed by atoms with Gasteiger partial charge in [-0.1, -0.05) is 19.9 Å². The van der Waals surface area contributed by atoms with Crippen molar-refractivity contribution in [1.82, 2.24) is 9.88 Å². The summed E-state index contributed by atoms with van der Waals surface area (Å²) in [6.07, 6.45) is 1.52. The molecule has 2 aliphatic rings. The molecule has 9 heteroatoms. The molecule has 3 atom stereocenters. The van der Waals surface area contributed by atoms with Crippen LogP contribution >= 0.6 is 0 Å². The predicted octanol–water partition coefficient (Wildman–Crippen LogP) is 3.12. The Morgan fingerprint density at radius 1 is 1.43 bits per heavy atom. The molecule has 0 aromatic carbocycles. The van der Waals surface area contributed by atoms with Crippen molar-refractivity contribution < 1.29 is 32.5 Å². The van der Waals surface area contributed by atoms with Gasteiger partial charge in [0, 0.05) is 38.1 Å². The molecule has 1 aromatic rings. The first-order valence-corrected chi connectivity index (χ1v) is 9.34. The molecule has 1 aliphatic carbocycles. The first-order valence-electron chi connectivity index (χ1n) is 9.34. The molecule has 0 radical (unpaired) electrons. The Labute approximate surface area is 162 Å². The van der Waals surface area contributed by atoms with Crippen LogP contribution in [0.2, 0.25) is 0 Å². The molecule has 28 heavy (non-hydrogen) atoms. The SMILES string of the molecule is CC(C)CO[C@@H]1CC[C@H]2[C@H]1OCCN2Cc1cccnc1.O=C(O)C(F)(F)F. The minimum absolute atomic E-state index is 0.245. The van der Waals surface area contributed by atoms with Crippen molar-refractivity contribution in [1.29, 1.82) is 0 Å². The number of halogens is 3. The van der Waals surface area contributed by atoms with E-state index >= 15 is 0 Å². The van der Waals surface area contributed by atoms with Gasteiger partial charge in [0.1, 0.15) is 0 Å². The Hall–Kier alpha value is -1.71. The van der Waals surface area contributed by atoms with Gasteiger partial charge >= 0.3 is 12.1 Å². The number of fused-ring (bicyclic) bond motifs is 1. The van der Waals surface area contributed by atoms with Crippen molar-refractivity contribution >= 4 is 5.97 Å². The summed E-state index contributed by atoms with van der Waals surface area (Å²) in [6, 6.07) is 4.66. The van der Waals surface area contributed by atoms with E-state index in [1.165, 1.54) is 12.0 Å². The van der Waals surface area contributed by atoms with Crippen molar-refractivity contribution in [2.75, 3.05) is 19.8 Å². The highest BCUT2D eigenvalue weighted by Crippen LogP contribution is 2.33. The number of carbonyl (C=O) groups is 1. The van der Waals surface area contributed by atoms with Gasteiger partial charge in [-0.2, -0.15) is 13.2 Å². The normalized spacial score (nSPS) is 25.1. The summed E-state index contributed by atoms with van der Waals surface area (Å²) in [6.45, 7) is 8.01. The number of pyridine rings is 1. The van der Waals surface area contributed by atoms with Crippen LogP contribution in [0.15, 0.2) is 24.5 Å². The lowest BCUT2D eigenvalue weighted by Gasteiger charge is -2.39. The number of carboxylic acid groups (broad SMARTS) is 1. The summed E-state index contributed by atoms with van der Waals surface area (Å²) in [7, 11) is 0. The van der Waals surface area contributed by atoms with Crippen LogP contribution in [0.1, 0.15) is 32.3 Å². The van der Waals surface area contributed by atoms with E-state index in [-0.39, 0.29) is 12.2 Å². The average Bonchev–Trinajstić information content (AvgIpc) is 3.05. The highest BCUT2D eigenvalue weighted by molar-refractivity contribution is 5.73. The first kappa shape index (κ1) is 22.6. The Morgan fingerprint density at radius 3 is 2.71 bits per heavy atom. The zero-order valence-electron chi connectivity index (χ0n) is 16.1. The smallest absolute Gasteiger partial charge is 0.475 e. The van der Waals surface area contributed by atoms with E-state index in [9.17, 15) is 13.2 Å².